The predicted octanol–water partition coefficient (Wildman–Crippen LogP) is 0.711. The van der Waals surface area contributed by atoms with E-state index in [0.29, 0.717) is 22.8 Å². The van der Waals surface area contributed by atoms with Crippen LogP contribution in [0.4, 0.5) is 5.82 Å². The van der Waals surface area contributed by atoms with Crippen molar-refractivity contribution in [3.8, 4) is 5.82 Å². The molecule has 0 unspecified atom stereocenters. The number of rotatable bonds is 6. The Kier molecular flexibility index (Phi) is 5.43. The summed E-state index contributed by atoms with van der Waals surface area (Å²) in [5, 5.41) is 19.5. The van der Waals surface area contributed by atoms with E-state index in [-0.39, 0.29) is 17.3 Å². The summed E-state index contributed by atoms with van der Waals surface area (Å²) in [5.41, 5.74) is 9.31. The second-order valence-electron chi connectivity index (χ2n) is 5.73. The molecule has 3 aromatic rings. The molecule has 3 rings (SSSR count). The van der Waals surface area contributed by atoms with Crippen LogP contribution in [0.2, 0.25) is 5.02 Å². The van der Waals surface area contributed by atoms with E-state index < -0.39 is 5.91 Å². The normalized spacial score (nSPS) is 11.4. The number of benzene rings is 1. The largest absolute Gasteiger partial charge is 0.378 e. The molecule has 140 valence electrons. The maximum absolute atomic E-state index is 12.5. The summed E-state index contributed by atoms with van der Waals surface area (Å²) in [5.74, 6) is -0.363. The zero-order valence-corrected chi connectivity index (χ0v) is 15.3. The molecule has 12 heteroatoms. The van der Waals surface area contributed by atoms with E-state index >= 15 is 0 Å². The van der Waals surface area contributed by atoms with Gasteiger partial charge in [0.2, 0.25) is 11.6 Å². The summed E-state index contributed by atoms with van der Waals surface area (Å²) in [6, 6.07) is 7.11. The average molecular weight is 390 g/mol. The molecule has 3 N–H and O–H groups in total. The van der Waals surface area contributed by atoms with Crippen LogP contribution < -0.4 is 11.2 Å². The number of aromatic nitrogens is 5. The summed E-state index contributed by atoms with van der Waals surface area (Å²) in [6.45, 7) is 0.344. The van der Waals surface area contributed by atoms with Crippen molar-refractivity contribution in [3.05, 3.63) is 46.2 Å². The van der Waals surface area contributed by atoms with Crippen LogP contribution in [0.25, 0.3) is 5.82 Å². The van der Waals surface area contributed by atoms with Crippen LogP contribution in [-0.2, 0) is 6.54 Å². The van der Waals surface area contributed by atoms with Gasteiger partial charge in [-0.3, -0.25) is 4.79 Å². The van der Waals surface area contributed by atoms with Crippen LogP contribution in [0.15, 0.2) is 34.0 Å². The SMILES string of the molecule is CN(C)Cc1c(C(=O)N/N=C\c2ccccc2Cl)nnn1-c1nonc1N. The Morgan fingerprint density at radius 3 is 2.85 bits per heavy atom. The highest BCUT2D eigenvalue weighted by molar-refractivity contribution is 6.33. The number of halogens is 1. The van der Waals surface area contributed by atoms with Gasteiger partial charge in [-0.1, -0.05) is 35.0 Å². The zero-order chi connectivity index (χ0) is 19.4. The maximum atomic E-state index is 12.5. The van der Waals surface area contributed by atoms with Gasteiger partial charge < -0.3 is 10.6 Å². The van der Waals surface area contributed by atoms with E-state index in [2.05, 4.69) is 35.8 Å². The quantitative estimate of drug-likeness (QED) is 0.464. The van der Waals surface area contributed by atoms with E-state index in [9.17, 15) is 4.79 Å². The smallest absolute Gasteiger partial charge is 0.293 e. The van der Waals surface area contributed by atoms with Gasteiger partial charge in [0, 0.05) is 17.1 Å². The Hall–Kier alpha value is -3.31. The lowest BCUT2D eigenvalue weighted by Crippen LogP contribution is -2.23. The first kappa shape index (κ1) is 18.5. The van der Waals surface area contributed by atoms with E-state index in [0.717, 1.165) is 0 Å². The molecular weight excluding hydrogens is 374 g/mol. The third-order valence-electron chi connectivity index (χ3n) is 3.42. The summed E-state index contributed by atoms with van der Waals surface area (Å²) >= 11 is 6.05. The highest BCUT2D eigenvalue weighted by Gasteiger charge is 2.24. The molecule has 0 aliphatic carbocycles. The summed E-state index contributed by atoms with van der Waals surface area (Å²) in [7, 11) is 3.66. The lowest BCUT2D eigenvalue weighted by Gasteiger charge is -2.11. The molecule has 0 fully saturated rings. The second-order valence-corrected chi connectivity index (χ2v) is 6.14. The van der Waals surface area contributed by atoms with E-state index in [1.165, 1.54) is 10.9 Å². The van der Waals surface area contributed by atoms with Gasteiger partial charge in [0.25, 0.3) is 5.91 Å². The molecule has 0 bridgehead atoms. The summed E-state index contributed by atoms with van der Waals surface area (Å²) in [4.78, 5) is 14.3. The van der Waals surface area contributed by atoms with Crippen LogP contribution >= 0.6 is 11.6 Å². The van der Waals surface area contributed by atoms with Gasteiger partial charge in [-0.15, -0.1) is 5.10 Å². The minimum atomic E-state index is -0.545. The van der Waals surface area contributed by atoms with Crippen LogP contribution in [-0.4, -0.2) is 56.4 Å². The number of hydrogen-bond donors (Lipinski definition) is 2. The molecule has 27 heavy (non-hydrogen) atoms. The van der Waals surface area contributed by atoms with Crippen molar-refractivity contribution in [1.82, 2.24) is 35.6 Å². The molecule has 0 aliphatic heterocycles. The number of nitrogen functional groups attached to an aromatic ring is 1. The van der Waals surface area contributed by atoms with Gasteiger partial charge in [0.05, 0.1) is 11.9 Å². The fourth-order valence-electron chi connectivity index (χ4n) is 2.22. The molecule has 0 aliphatic rings. The number of nitrogens with zero attached hydrogens (tertiary/aromatic N) is 7. The summed E-state index contributed by atoms with van der Waals surface area (Å²) < 4.78 is 5.89. The first-order chi connectivity index (χ1) is 13.0. The van der Waals surface area contributed by atoms with E-state index in [1.807, 2.05) is 25.1 Å². The Labute approximate surface area is 158 Å². The topological polar surface area (TPSA) is 140 Å². The maximum Gasteiger partial charge on any atom is 0.293 e. The number of nitrogens with one attached hydrogen (secondary N) is 1. The van der Waals surface area contributed by atoms with Crippen molar-refractivity contribution in [2.24, 2.45) is 5.10 Å². The van der Waals surface area contributed by atoms with Crippen LogP contribution in [0.3, 0.4) is 0 Å². The van der Waals surface area contributed by atoms with Crippen molar-refractivity contribution >= 4 is 29.5 Å². The number of hydrazone groups is 1. The third kappa shape index (κ3) is 4.10. The molecule has 1 aromatic carbocycles. The van der Waals surface area contributed by atoms with Gasteiger partial charge in [0.1, 0.15) is 0 Å². The molecule has 11 nitrogen and oxygen atoms in total. The highest BCUT2D eigenvalue weighted by atomic mass is 35.5. The van der Waals surface area contributed by atoms with Crippen molar-refractivity contribution in [2.45, 2.75) is 6.54 Å². The van der Waals surface area contributed by atoms with Gasteiger partial charge in [-0.05, 0) is 30.5 Å². The molecule has 0 spiro atoms. The van der Waals surface area contributed by atoms with E-state index in [4.69, 9.17) is 17.3 Å². The lowest BCUT2D eigenvalue weighted by atomic mass is 10.2. The Bertz CT molecular complexity index is 979. The Balaban J connectivity index is 1.85. The molecular formula is C15H16ClN9O2. The van der Waals surface area contributed by atoms with Crippen LogP contribution in [0, 0.1) is 0 Å². The van der Waals surface area contributed by atoms with Crippen LogP contribution in [0.1, 0.15) is 21.7 Å². The minimum Gasteiger partial charge on any atom is -0.378 e. The number of nitrogens with two attached hydrogens (primary N) is 1. The highest BCUT2D eigenvalue weighted by Crippen LogP contribution is 2.17. The second kappa shape index (κ2) is 7.93. The van der Waals surface area contributed by atoms with Crippen molar-refractivity contribution in [3.63, 3.8) is 0 Å². The first-order valence-electron chi connectivity index (χ1n) is 7.73. The molecule has 0 atom stereocenters. The number of amides is 1. The molecule has 0 saturated heterocycles. The van der Waals surface area contributed by atoms with Gasteiger partial charge in [0.15, 0.2) is 5.69 Å². The van der Waals surface area contributed by atoms with Crippen molar-refractivity contribution in [2.75, 3.05) is 19.8 Å². The predicted molar refractivity (Wildman–Crippen MR) is 97.5 cm³/mol. The summed E-state index contributed by atoms with van der Waals surface area (Å²) in [6.07, 6.45) is 1.44. The standard InChI is InChI=1S/C15H16ClN9O2/c1-24(2)8-11-12(19-23-25(11)14-13(17)21-27-22-14)15(26)20-18-7-9-5-3-4-6-10(9)16/h3-7H,8H2,1-2H3,(H2,17,21)(H,20,26)/b18-7-. The number of anilines is 1. The molecule has 1 amide bonds. The molecule has 2 aromatic heterocycles. The molecule has 2 heterocycles. The monoisotopic (exact) mass is 389 g/mol. The van der Waals surface area contributed by atoms with Crippen molar-refractivity contribution < 1.29 is 9.42 Å². The Morgan fingerprint density at radius 1 is 1.41 bits per heavy atom. The fourth-order valence-corrected chi connectivity index (χ4v) is 2.41. The number of carbonyl (C=O) groups is 1. The minimum absolute atomic E-state index is 0.0311. The fraction of sp³-hybridized carbons (Fsp3) is 0.200. The van der Waals surface area contributed by atoms with Gasteiger partial charge in [-0.25, -0.2) is 10.1 Å². The lowest BCUT2D eigenvalue weighted by molar-refractivity contribution is 0.0948. The molecule has 0 radical (unpaired) electrons. The van der Waals surface area contributed by atoms with Gasteiger partial charge >= 0.3 is 0 Å². The van der Waals surface area contributed by atoms with Crippen molar-refractivity contribution in [1.29, 1.82) is 0 Å². The zero-order valence-electron chi connectivity index (χ0n) is 14.5. The van der Waals surface area contributed by atoms with Crippen LogP contribution in [0.5, 0.6) is 0 Å². The molecule has 0 saturated carbocycles. The average Bonchev–Trinajstić information content (AvgIpc) is 3.22. The van der Waals surface area contributed by atoms with Gasteiger partial charge in [-0.2, -0.15) is 9.78 Å². The van der Waals surface area contributed by atoms with E-state index in [1.54, 1.807) is 18.2 Å². The number of hydrogen-bond acceptors (Lipinski definition) is 9. The Morgan fingerprint density at radius 2 is 2.19 bits per heavy atom. The third-order valence-corrected chi connectivity index (χ3v) is 3.76. The first-order valence-corrected chi connectivity index (χ1v) is 8.10. The number of carbonyl (C=O) groups excluding carboxylic acids is 1.